The minimum atomic E-state index is -0.606. The summed E-state index contributed by atoms with van der Waals surface area (Å²) in [6.07, 6.45) is 3.95. The molecular weight excluding hydrogens is 226 g/mol. The van der Waals surface area contributed by atoms with Crippen LogP contribution in [-0.2, 0) is 6.54 Å². The molecule has 0 radical (unpaired) electrons. The van der Waals surface area contributed by atoms with Crippen LogP contribution in [0, 0.1) is 0 Å². The Morgan fingerprint density at radius 1 is 1.28 bits per heavy atom. The molecule has 2 rings (SSSR count). The zero-order valence-electron chi connectivity index (χ0n) is 11.1. The second-order valence-electron chi connectivity index (χ2n) is 5.11. The van der Waals surface area contributed by atoms with Crippen molar-refractivity contribution in [2.24, 2.45) is 0 Å². The predicted molar refractivity (Wildman–Crippen MR) is 72.7 cm³/mol. The molecule has 1 aliphatic carbocycles. The molecule has 18 heavy (non-hydrogen) atoms. The van der Waals surface area contributed by atoms with Gasteiger partial charge in [-0.3, -0.25) is 0 Å². The monoisotopic (exact) mass is 249 g/mol. The van der Waals surface area contributed by atoms with E-state index >= 15 is 0 Å². The number of aliphatic hydroxyl groups is 1. The Hall–Kier alpha value is -1.06. The first-order valence-electron chi connectivity index (χ1n) is 6.87. The predicted octanol–water partition coefficient (Wildman–Crippen LogP) is 2.48. The van der Waals surface area contributed by atoms with Gasteiger partial charge in [0, 0.05) is 12.1 Å². The van der Waals surface area contributed by atoms with Gasteiger partial charge in [0.15, 0.2) is 0 Å². The van der Waals surface area contributed by atoms with Gasteiger partial charge in [0.1, 0.15) is 12.4 Å². The van der Waals surface area contributed by atoms with Crippen LogP contribution in [0.3, 0.4) is 0 Å². The molecule has 1 aromatic carbocycles. The van der Waals surface area contributed by atoms with Crippen LogP contribution in [0.5, 0.6) is 5.75 Å². The Kier molecular flexibility index (Phi) is 4.61. The number of hydrogen-bond acceptors (Lipinski definition) is 3. The number of ether oxygens (including phenoxy) is 1. The minimum Gasteiger partial charge on any atom is -0.490 e. The van der Waals surface area contributed by atoms with Gasteiger partial charge < -0.3 is 15.2 Å². The van der Waals surface area contributed by atoms with E-state index in [-0.39, 0.29) is 0 Å². The van der Waals surface area contributed by atoms with E-state index in [0.717, 1.165) is 50.1 Å². The summed E-state index contributed by atoms with van der Waals surface area (Å²) in [5.74, 6) is 0.888. The quantitative estimate of drug-likeness (QED) is 0.814. The molecule has 1 aliphatic rings. The fraction of sp³-hybridized carbons (Fsp3) is 0.600. The van der Waals surface area contributed by atoms with Crippen LogP contribution in [-0.4, -0.2) is 23.9 Å². The number of hydrogen-bond donors (Lipinski definition) is 2. The Morgan fingerprint density at radius 2 is 2.00 bits per heavy atom. The molecule has 1 fully saturated rings. The Morgan fingerprint density at radius 3 is 2.72 bits per heavy atom. The zero-order valence-corrected chi connectivity index (χ0v) is 11.1. The average Bonchev–Trinajstić information content (AvgIpc) is 2.82. The van der Waals surface area contributed by atoms with Gasteiger partial charge in [0.05, 0.1) is 5.60 Å². The number of benzene rings is 1. The molecule has 100 valence electrons. The molecule has 3 nitrogen and oxygen atoms in total. The summed E-state index contributed by atoms with van der Waals surface area (Å²) in [6, 6.07) is 8.04. The maximum Gasteiger partial charge on any atom is 0.123 e. The van der Waals surface area contributed by atoms with Gasteiger partial charge in [-0.05, 0) is 25.5 Å². The first-order valence-corrected chi connectivity index (χ1v) is 6.87. The third kappa shape index (κ3) is 3.47. The first-order chi connectivity index (χ1) is 8.73. The van der Waals surface area contributed by atoms with Gasteiger partial charge in [-0.25, -0.2) is 0 Å². The second-order valence-corrected chi connectivity index (χ2v) is 5.11. The number of para-hydroxylation sites is 1. The fourth-order valence-corrected chi connectivity index (χ4v) is 2.44. The standard InChI is InChI=1S/C15H23NO2/c1-2-16-11-13-7-3-4-8-14(13)18-12-15(17)9-5-6-10-15/h3-4,7-8,16-17H,2,5-6,9-12H2,1H3. The molecule has 0 heterocycles. The van der Waals surface area contributed by atoms with Crippen molar-refractivity contribution in [1.29, 1.82) is 0 Å². The summed E-state index contributed by atoms with van der Waals surface area (Å²) in [6.45, 7) is 4.25. The van der Waals surface area contributed by atoms with Crippen molar-refractivity contribution in [3.63, 3.8) is 0 Å². The van der Waals surface area contributed by atoms with Crippen molar-refractivity contribution in [3.8, 4) is 5.75 Å². The van der Waals surface area contributed by atoms with Crippen LogP contribution in [0.1, 0.15) is 38.2 Å². The molecule has 0 aliphatic heterocycles. The molecule has 1 aromatic rings. The molecule has 0 amide bonds. The lowest BCUT2D eigenvalue weighted by molar-refractivity contribution is 0.00111. The highest BCUT2D eigenvalue weighted by Crippen LogP contribution is 2.30. The van der Waals surface area contributed by atoms with E-state index in [2.05, 4.69) is 18.3 Å². The second kappa shape index (κ2) is 6.21. The van der Waals surface area contributed by atoms with E-state index in [4.69, 9.17) is 4.74 Å². The Balaban J connectivity index is 1.95. The van der Waals surface area contributed by atoms with Gasteiger partial charge in [-0.1, -0.05) is 38.0 Å². The zero-order chi connectivity index (χ0) is 12.8. The lowest BCUT2D eigenvalue weighted by Crippen LogP contribution is -2.32. The molecule has 0 unspecified atom stereocenters. The highest BCUT2D eigenvalue weighted by atomic mass is 16.5. The molecule has 0 atom stereocenters. The molecule has 0 bridgehead atoms. The molecule has 1 saturated carbocycles. The third-order valence-electron chi connectivity index (χ3n) is 3.57. The van der Waals surface area contributed by atoms with Crippen molar-refractivity contribution in [1.82, 2.24) is 5.32 Å². The van der Waals surface area contributed by atoms with E-state index in [1.807, 2.05) is 18.2 Å². The van der Waals surface area contributed by atoms with Crippen LogP contribution >= 0.6 is 0 Å². The van der Waals surface area contributed by atoms with E-state index in [1.165, 1.54) is 0 Å². The van der Waals surface area contributed by atoms with E-state index < -0.39 is 5.60 Å². The fourth-order valence-electron chi connectivity index (χ4n) is 2.44. The first kappa shape index (κ1) is 13.4. The van der Waals surface area contributed by atoms with E-state index in [0.29, 0.717) is 6.61 Å². The van der Waals surface area contributed by atoms with Crippen molar-refractivity contribution in [2.45, 2.75) is 44.8 Å². The van der Waals surface area contributed by atoms with Gasteiger partial charge in [0.2, 0.25) is 0 Å². The summed E-state index contributed by atoms with van der Waals surface area (Å²) in [5.41, 5.74) is 0.548. The maximum absolute atomic E-state index is 10.3. The van der Waals surface area contributed by atoms with Crippen LogP contribution in [0.2, 0.25) is 0 Å². The van der Waals surface area contributed by atoms with Gasteiger partial charge in [0.25, 0.3) is 0 Å². The van der Waals surface area contributed by atoms with Crippen molar-refractivity contribution in [3.05, 3.63) is 29.8 Å². The van der Waals surface area contributed by atoms with E-state index in [9.17, 15) is 5.11 Å². The summed E-state index contributed by atoms with van der Waals surface area (Å²) in [7, 11) is 0. The van der Waals surface area contributed by atoms with Gasteiger partial charge in [-0.2, -0.15) is 0 Å². The van der Waals surface area contributed by atoms with Crippen LogP contribution in [0.4, 0.5) is 0 Å². The lowest BCUT2D eigenvalue weighted by atomic mass is 10.0. The minimum absolute atomic E-state index is 0.413. The molecule has 0 aromatic heterocycles. The summed E-state index contributed by atoms with van der Waals surface area (Å²) >= 11 is 0. The third-order valence-corrected chi connectivity index (χ3v) is 3.57. The topological polar surface area (TPSA) is 41.5 Å². The van der Waals surface area contributed by atoms with Crippen LogP contribution in [0.15, 0.2) is 24.3 Å². The van der Waals surface area contributed by atoms with Crippen LogP contribution in [0.25, 0.3) is 0 Å². The SMILES string of the molecule is CCNCc1ccccc1OCC1(O)CCCC1. The van der Waals surface area contributed by atoms with Crippen molar-refractivity contribution < 1.29 is 9.84 Å². The number of nitrogens with one attached hydrogen (secondary N) is 1. The van der Waals surface area contributed by atoms with E-state index in [1.54, 1.807) is 0 Å². The smallest absolute Gasteiger partial charge is 0.123 e. The highest BCUT2D eigenvalue weighted by Gasteiger charge is 2.32. The largest absolute Gasteiger partial charge is 0.490 e. The van der Waals surface area contributed by atoms with Crippen molar-refractivity contribution in [2.75, 3.05) is 13.2 Å². The van der Waals surface area contributed by atoms with Crippen LogP contribution < -0.4 is 10.1 Å². The molecule has 3 heteroatoms. The maximum atomic E-state index is 10.3. The normalized spacial score (nSPS) is 17.9. The molecular formula is C15H23NO2. The summed E-state index contributed by atoms with van der Waals surface area (Å²) in [4.78, 5) is 0. The number of rotatable bonds is 6. The molecule has 0 saturated heterocycles. The van der Waals surface area contributed by atoms with Gasteiger partial charge in [-0.15, -0.1) is 0 Å². The lowest BCUT2D eigenvalue weighted by Gasteiger charge is -2.23. The highest BCUT2D eigenvalue weighted by molar-refractivity contribution is 5.33. The summed E-state index contributed by atoms with van der Waals surface area (Å²) < 4.78 is 5.83. The molecule has 2 N–H and O–H groups in total. The molecule has 0 spiro atoms. The summed E-state index contributed by atoms with van der Waals surface area (Å²) in [5, 5.41) is 13.6. The Labute approximate surface area is 109 Å². The van der Waals surface area contributed by atoms with Gasteiger partial charge >= 0.3 is 0 Å². The van der Waals surface area contributed by atoms with Crippen molar-refractivity contribution >= 4 is 0 Å². The Bertz CT molecular complexity index is 373. The average molecular weight is 249 g/mol.